The minimum absolute atomic E-state index is 0.353. The molecule has 0 aliphatic heterocycles. The van der Waals surface area contributed by atoms with Gasteiger partial charge in [-0.3, -0.25) is 0 Å². The highest BCUT2D eigenvalue weighted by Crippen LogP contribution is 2.35. The van der Waals surface area contributed by atoms with Crippen LogP contribution in [-0.2, 0) is 0 Å². The molecule has 0 radical (unpaired) electrons. The minimum Gasteiger partial charge on any atom is -0.325 e. The first-order valence-corrected chi connectivity index (χ1v) is 5.73. The van der Waals surface area contributed by atoms with Crippen LogP contribution in [0.2, 0.25) is 0 Å². The van der Waals surface area contributed by atoms with Crippen molar-refractivity contribution in [3.05, 3.63) is 20.8 Å². The van der Waals surface area contributed by atoms with Crippen molar-refractivity contribution < 1.29 is 4.39 Å². The van der Waals surface area contributed by atoms with Crippen molar-refractivity contribution in [1.82, 2.24) is 0 Å². The lowest BCUT2D eigenvalue weighted by Crippen LogP contribution is -2.33. The summed E-state index contributed by atoms with van der Waals surface area (Å²) >= 11 is 4.72. The number of rotatable bonds is 3. The first-order chi connectivity index (χ1) is 5.90. The topological polar surface area (TPSA) is 26.0 Å². The van der Waals surface area contributed by atoms with Gasteiger partial charge in [-0.25, -0.2) is 4.39 Å². The molecule has 13 heavy (non-hydrogen) atoms. The molecule has 0 aliphatic rings. The van der Waals surface area contributed by atoms with Gasteiger partial charge in [-0.1, -0.05) is 0 Å². The molecule has 1 aromatic heterocycles. The number of halogens is 2. The van der Waals surface area contributed by atoms with Gasteiger partial charge in [0.1, 0.15) is 6.17 Å². The van der Waals surface area contributed by atoms with E-state index in [2.05, 4.69) is 15.9 Å². The van der Waals surface area contributed by atoms with E-state index < -0.39 is 11.7 Å². The fourth-order valence-electron chi connectivity index (χ4n) is 1.08. The lowest BCUT2D eigenvalue weighted by atomic mass is 9.98. The summed E-state index contributed by atoms with van der Waals surface area (Å²) in [7, 11) is 0. The van der Waals surface area contributed by atoms with Crippen LogP contribution in [0.3, 0.4) is 0 Å². The summed E-state index contributed by atoms with van der Waals surface area (Å²) in [4.78, 5) is 0.735. The third kappa shape index (κ3) is 3.37. The predicted octanol–water partition coefficient (Wildman–Crippen LogP) is 3.65. The Bertz CT molecular complexity index is 279. The molecule has 1 rings (SSSR count). The number of hydrogen-bond donors (Lipinski definition) is 1. The van der Waals surface area contributed by atoms with Crippen molar-refractivity contribution in [2.75, 3.05) is 0 Å². The molecule has 1 nitrogen and oxygen atoms in total. The van der Waals surface area contributed by atoms with E-state index in [0.29, 0.717) is 6.42 Å². The Hall–Kier alpha value is 0.0700. The third-order valence-corrected chi connectivity index (χ3v) is 3.59. The maximum atomic E-state index is 13.6. The molecule has 0 aromatic carbocycles. The van der Waals surface area contributed by atoms with E-state index in [4.69, 9.17) is 5.73 Å². The molecule has 1 unspecified atom stereocenters. The summed E-state index contributed by atoms with van der Waals surface area (Å²) < 4.78 is 14.5. The van der Waals surface area contributed by atoms with E-state index in [9.17, 15) is 4.39 Å². The summed E-state index contributed by atoms with van der Waals surface area (Å²) in [6, 6.07) is 1.86. The van der Waals surface area contributed by atoms with Crippen LogP contribution < -0.4 is 5.73 Å². The molecule has 1 aromatic rings. The smallest absolute Gasteiger partial charge is 0.137 e. The summed E-state index contributed by atoms with van der Waals surface area (Å²) in [6.45, 7) is 3.67. The molecule has 0 spiro atoms. The highest BCUT2D eigenvalue weighted by Gasteiger charge is 2.22. The van der Waals surface area contributed by atoms with Crippen LogP contribution >= 0.6 is 27.3 Å². The Morgan fingerprint density at radius 3 is 2.69 bits per heavy atom. The average molecular weight is 266 g/mol. The van der Waals surface area contributed by atoms with Crippen molar-refractivity contribution in [2.24, 2.45) is 5.73 Å². The first-order valence-electron chi connectivity index (χ1n) is 4.06. The van der Waals surface area contributed by atoms with Gasteiger partial charge in [0.25, 0.3) is 0 Å². The van der Waals surface area contributed by atoms with Crippen LogP contribution in [0.25, 0.3) is 0 Å². The normalized spacial score (nSPS) is 14.5. The van der Waals surface area contributed by atoms with Gasteiger partial charge in [-0.15, -0.1) is 11.3 Å². The Morgan fingerprint density at radius 1 is 1.69 bits per heavy atom. The molecule has 0 fully saturated rings. The Labute approximate surface area is 90.3 Å². The van der Waals surface area contributed by atoms with Crippen molar-refractivity contribution in [2.45, 2.75) is 32.0 Å². The average Bonchev–Trinajstić information content (AvgIpc) is 2.30. The maximum absolute atomic E-state index is 13.6. The number of thiophene rings is 1. The lowest BCUT2D eigenvalue weighted by Gasteiger charge is -2.20. The van der Waals surface area contributed by atoms with Crippen LogP contribution in [0.1, 0.15) is 31.3 Å². The zero-order valence-electron chi connectivity index (χ0n) is 7.68. The van der Waals surface area contributed by atoms with Gasteiger partial charge in [-0.2, -0.15) is 0 Å². The monoisotopic (exact) mass is 265 g/mol. The molecule has 74 valence electrons. The van der Waals surface area contributed by atoms with Crippen LogP contribution in [0.5, 0.6) is 0 Å². The molecule has 0 saturated heterocycles. The highest BCUT2D eigenvalue weighted by molar-refractivity contribution is 9.10. The number of alkyl halides is 1. The van der Waals surface area contributed by atoms with Gasteiger partial charge < -0.3 is 5.73 Å². The second kappa shape index (κ2) is 4.07. The molecule has 0 saturated carbocycles. The first kappa shape index (κ1) is 11.1. The van der Waals surface area contributed by atoms with E-state index in [1.165, 1.54) is 11.3 Å². The fraction of sp³-hybridized carbons (Fsp3) is 0.556. The molecular formula is C9H13BrFNS. The SMILES string of the molecule is CC(C)(N)CC(F)c1sccc1Br. The quantitative estimate of drug-likeness (QED) is 0.887. The molecular weight excluding hydrogens is 253 g/mol. The Balaban J connectivity index is 2.69. The van der Waals surface area contributed by atoms with Gasteiger partial charge in [0.15, 0.2) is 0 Å². The molecule has 0 aliphatic carbocycles. The summed E-state index contributed by atoms with van der Waals surface area (Å²) in [5.41, 5.74) is 5.29. The second-order valence-corrected chi connectivity index (χ2v) is 5.60. The molecule has 1 atom stereocenters. The highest BCUT2D eigenvalue weighted by atomic mass is 79.9. The van der Waals surface area contributed by atoms with Crippen molar-refractivity contribution in [1.29, 1.82) is 0 Å². The van der Waals surface area contributed by atoms with E-state index >= 15 is 0 Å². The van der Waals surface area contributed by atoms with Crippen LogP contribution in [0.15, 0.2) is 15.9 Å². The van der Waals surface area contributed by atoms with E-state index in [0.717, 1.165) is 9.35 Å². The van der Waals surface area contributed by atoms with E-state index in [1.54, 1.807) is 0 Å². The zero-order valence-corrected chi connectivity index (χ0v) is 10.1. The molecule has 2 N–H and O–H groups in total. The molecule has 0 bridgehead atoms. The van der Waals surface area contributed by atoms with E-state index in [1.807, 2.05) is 25.3 Å². The standard InChI is InChI=1S/C9H13BrFNS/c1-9(2,12)5-7(11)8-6(10)3-4-13-8/h3-4,7H,5,12H2,1-2H3. The second-order valence-electron chi connectivity index (χ2n) is 3.79. The number of hydrogen-bond acceptors (Lipinski definition) is 2. The minimum atomic E-state index is -0.964. The molecule has 1 heterocycles. The molecule has 4 heteroatoms. The van der Waals surface area contributed by atoms with Gasteiger partial charge in [0, 0.05) is 16.4 Å². The summed E-state index contributed by atoms with van der Waals surface area (Å²) in [5, 5.41) is 1.87. The fourth-order valence-corrected chi connectivity index (χ4v) is 2.68. The summed E-state index contributed by atoms with van der Waals surface area (Å²) in [6.07, 6.45) is -0.610. The van der Waals surface area contributed by atoms with Crippen molar-refractivity contribution in [3.8, 4) is 0 Å². The Kier molecular flexibility index (Phi) is 3.49. The molecule has 0 amide bonds. The van der Waals surface area contributed by atoms with Crippen LogP contribution in [-0.4, -0.2) is 5.54 Å². The van der Waals surface area contributed by atoms with Crippen molar-refractivity contribution >= 4 is 27.3 Å². The lowest BCUT2D eigenvalue weighted by molar-refractivity contribution is 0.271. The van der Waals surface area contributed by atoms with Crippen LogP contribution in [0.4, 0.5) is 4.39 Å². The van der Waals surface area contributed by atoms with Gasteiger partial charge in [0.05, 0.1) is 4.88 Å². The van der Waals surface area contributed by atoms with Crippen LogP contribution in [0, 0.1) is 0 Å². The largest absolute Gasteiger partial charge is 0.325 e. The maximum Gasteiger partial charge on any atom is 0.137 e. The summed E-state index contributed by atoms with van der Waals surface area (Å²) in [5.74, 6) is 0. The van der Waals surface area contributed by atoms with Crippen molar-refractivity contribution in [3.63, 3.8) is 0 Å². The van der Waals surface area contributed by atoms with E-state index in [-0.39, 0.29) is 0 Å². The van der Waals surface area contributed by atoms with Gasteiger partial charge in [-0.05, 0) is 41.2 Å². The van der Waals surface area contributed by atoms with Gasteiger partial charge in [0.2, 0.25) is 0 Å². The predicted molar refractivity (Wildman–Crippen MR) is 58.8 cm³/mol. The zero-order chi connectivity index (χ0) is 10.1. The Morgan fingerprint density at radius 2 is 2.31 bits per heavy atom. The third-order valence-electron chi connectivity index (χ3n) is 1.63. The number of nitrogens with two attached hydrogens (primary N) is 1. The van der Waals surface area contributed by atoms with Gasteiger partial charge >= 0.3 is 0 Å².